The van der Waals surface area contributed by atoms with Gasteiger partial charge in [-0.15, -0.1) is 0 Å². The van der Waals surface area contributed by atoms with E-state index < -0.39 is 0 Å². The van der Waals surface area contributed by atoms with Crippen LogP contribution in [0.2, 0.25) is 0 Å². The van der Waals surface area contributed by atoms with Gasteiger partial charge in [0.05, 0.1) is 22.4 Å². The van der Waals surface area contributed by atoms with E-state index in [-0.39, 0.29) is 6.04 Å². The van der Waals surface area contributed by atoms with Crippen molar-refractivity contribution in [3.8, 4) is 0 Å². The van der Waals surface area contributed by atoms with E-state index in [1.165, 1.54) is 0 Å². The average Bonchev–Trinajstić information content (AvgIpc) is 2.75. The Morgan fingerprint density at radius 3 is 2.78 bits per heavy atom. The van der Waals surface area contributed by atoms with Gasteiger partial charge in [-0.3, -0.25) is 15.5 Å². The molecule has 0 saturated carbocycles. The van der Waals surface area contributed by atoms with Gasteiger partial charge in [-0.1, -0.05) is 6.92 Å². The summed E-state index contributed by atoms with van der Waals surface area (Å²) in [5, 5.41) is 4.36. The minimum atomic E-state index is -0.101. The van der Waals surface area contributed by atoms with E-state index in [9.17, 15) is 0 Å². The molecule has 0 radical (unpaired) electrons. The Labute approximate surface area is 115 Å². The molecule has 0 aromatic carbocycles. The number of aryl methyl sites for hydroxylation is 1. The molecule has 2 aromatic rings. The molecule has 5 nitrogen and oxygen atoms in total. The Morgan fingerprint density at radius 1 is 1.44 bits per heavy atom. The molecule has 0 aliphatic carbocycles. The first-order chi connectivity index (χ1) is 8.77. The highest BCUT2D eigenvalue weighted by atomic mass is 79.9. The maximum absolute atomic E-state index is 5.70. The van der Waals surface area contributed by atoms with Crippen LogP contribution in [0.15, 0.2) is 35.2 Å². The molecule has 96 valence electrons. The molecule has 0 aliphatic rings. The van der Waals surface area contributed by atoms with Gasteiger partial charge in [-0.2, -0.15) is 5.10 Å². The normalized spacial score (nSPS) is 12.6. The highest BCUT2D eigenvalue weighted by Gasteiger charge is 2.20. The van der Waals surface area contributed by atoms with Crippen molar-refractivity contribution in [2.45, 2.75) is 25.9 Å². The molecule has 18 heavy (non-hydrogen) atoms. The lowest BCUT2D eigenvalue weighted by Gasteiger charge is -2.18. The summed E-state index contributed by atoms with van der Waals surface area (Å²) in [5.41, 5.74) is 4.94. The van der Waals surface area contributed by atoms with Crippen LogP contribution >= 0.6 is 15.9 Å². The van der Waals surface area contributed by atoms with Crippen LogP contribution in [0.1, 0.15) is 30.6 Å². The zero-order valence-electron chi connectivity index (χ0n) is 10.2. The fourth-order valence-electron chi connectivity index (χ4n) is 1.94. The van der Waals surface area contributed by atoms with Crippen molar-refractivity contribution in [2.75, 3.05) is 0 Å². The average molecular weight is 310 g/mol. The molecule has 0 fully saturated rings. The van der Waals surface area contributed by atoms with E-state index in [0.29, 0.717) is 0 Å². The smallest absolute Gasteiger partial charge is 0.0890 e. The molecule has 0 aliphatic heterocycles. The van der Waals surface area contributed by atoms with Crippen LogP contribution in [0.4, 0.5) is 0 Å². The van der Waals surface area contributed by atoms with E-state index in [1.807, 2.05) is 16.8 Å². The molecular weight excluding hydrogens is 294 g/mol. The van der Waals surface area contributed by atoms with Crippen molar-refractivity contribution in [3.05, 3.63) is 46.5 Å². The second-order valence-corrected chi connectivity index (χ2v) is 4.84. The summed E-state index contributed by atoms with van der Waals surface area (Å²) in [4.78, 5) is 4.02. The number of hydrogen-bond donors (Lipinski definition) is 2. The minimum Gasteiger partial charge on any atom is -0.271 e. The number of hydrazine groups is 1. The third-order valence-electron chi connectivity index (χ3n) is 2.75. The Bertz CT molecular complexity index is 496. The minimum absolute atomic E-state index is 0.101. The summed E-state index contributed by atoms with van der Waals surface area (Å²) in [6, 6.07) is 3.79. The zero-order valence-corrected chi connectivity index (χ0v) is 11.8. The fraction of sp³-hybridized carbons (Fsp3) is 0.333. The van der Waals surface area contributed by atoms with E-state index >= 15 is 0 Å². The van der Waals surface area contributed by atoms with Crippen LogP contribution in [0.3, 0.4) is 0 Å². The second-order valence-electron chi connectivity index (χ2n) is 3.98. The lowest BCUT2D eigenvalue weighted by molar-refractivity contribution is 0.519. The Balaban J connectivity index is 2.41. The lowest BCUT2D eigenvalue weighted by Crippen LogP contribution is -2.31. The van der Waals surface area contributed by atoms with Crippen LogP contribution < -0.4 is 11.3 Å². The SMILES string of the molecule is CCCn1ncc(Br)c1C(NN)c1ccncc1. The number of hydrogen-bond acceptors (Lipinski definition) is 4. The van der Waals surface area contributed by atoms with Crippen molar-refractivity contribution in [3.63, 3.8) is 0 Å². The predicted octanol–water partition coefficient (Wildman–Crippen LogP) is 2.00. The first kappa shape index (κ1) is 13.2. The number of rotatable bonds is 5. The topological polar surface area (TPSA) is 68.8 Å². The van der Waals surface area contributed by atoms with E-state index in [0.717, 1.165) is 28.7 Å². The van der Waals surface area contributed by atoms with Crippen molar-refractivity contribution in [1.82, 2.24) is 20.2 Å². The maximum atomic E-state index is 5.70. The van der Waals surface area contributed by atoms with Crippen molar-refractivity contribution < 1.29 is 0 Å². The highest BCUT2D eigenvalue weighted by molar-refractivity contribution is 9.10. The molecule has 1 unspecified atom stereocenters. The first-order valence-corrected chi connectivity index (χ1v) is 6.64. The highest BCUT2D eigenvalue weighted by Crippen LogP contribution is 2.27. The second kappa shape index (κ2) is 6.08. The molecule has 2 heterocycles. The molecule has 0 bridgehead atoms. The standard InChI is InChI=1S/C12H16BrN5/c1-2-7-18-12(10(13)8-16-18)11(17-14)9-3-5-15-6-4-9/h3-6,8,11,17H,2,7,14H2,1H3. The monoisotopic (exact) mass is 309 g/mol. The van der Waals surface area contributed by atoms with E-state index in [2.05, 4.69) is 38.4 Å². The van der Waals surface area contributed by atoms with Gasteiger partial charge in [-0.05, 0) is 40.0 Å². The van der Waals surface area contributed by atoms with Gasteiger partial charge in [0.1, 0.15) is 0 Å². The number of pyridine rings is 1. The Hall–Kier alpha value is -1.24. The van der Waals surface area contributed by atoms with E-state index in [1.54, 1.807) is 18.6 Å². The summed E-state index contributed by atoms with van der Waals surface area (Å²) < 4.78 is 2.92. The number of nitrogens with one attached hydrogen (secondary N) is 1. The van der Waals surface area contributed by atoms with Gasteiger partial charge in [0.2, 0.25) is 0 Å². The first-order valence-electron chi connectivity index (χ1n) is 5.85. The third kappa shape index (κ3) is 2.60. The predicted molar refractivity (Wildman–Crippen MR) is 73.6 cm³/mol. The summed E-state index contributed by atoms with van der Waals surface area (Å²) in [7, 11) is 0. The largest absolute Gasteiger partial charge is 0.271 e. The molecule has 1 atom stereocenters. The summed E-state index contributed by atoms with van der Waals surface area (Å²) in [6.07, 6.45) is 6.34. The van der Waals surface area contributed by atoms with Crippen molar-refractivity contribution in [2.24, 2.45) is 5.84 Å². The number of nitrogens with two attached hydrogens (primary N) is 1. The molecule has 6 heteroatoms. The van der Waals surface area contributed by atoms with Crippen LogP contribution in [-0.2, 0) is 6.54 Å². The summed E-state index contributed by atoms with van der Waals surface area (Å²) >= 11 is 3.53. The van der Waals surface area contributed by atoms with Gasteiger partial charge in [0.25, 0.3) is 0 Å². The molecule has 2 rings (SSSR count). The van der Waals surface area contributed by atoms with Gasteiger partial charge in [0.15, 0.2) is 0 Å². The third-order valence-corrected chi connectivity index (χ3v) is 3.36. The van der Waals surface area contributed by atoms with Crippen molar-refractivity contribution in [1.29, 1.82) is 0 Å². The number of halogens is 1. The lowest BCUT2D eigenvalue weighted by atomic mass is 10.1. The van der Waals surface area contributed by atoms with Gasteiger partial charge in [-0.25, -0.2) is 5.43 Å². The summed E-state index contributed by atoms with van der Waals surface area (Å²) in [5.74, 6) is 5.70. The van der Waals surface area contributed by atoms with Crippen molar-refractivity contribution >= 4 is 15.9 Å². The molecule has 0 amide bonds. The quantitative estimate of drug-likeness (QED) is 0.655. The van der Waals surface area contributed by atoms with Crippen LogP contribution in [0.25, 0.3) is 0 Å². The van der Waals surface area contributed by atoms with E-state index in [4.69, 9.17) is 5.84 Å². The van der Waals surface area contributed by atoms with Gasteiger partial charge >= 0.3 is 0 Å². The summed E-state index contributed by atoms with van der Waals surface area (Å²) in [6.45, 7) is 2.99. The molecular formula is C12H16BrN5. The Kier molecular flexibility index (Phi) is 4.46. The number of nitrogens with zero attached hydrogens (tertiary/aromatic N) is 3. The van der Waals surface area contributed by atoms with Crippen LogP contribution in [-0.4, -0.2) is 14.8 Å². The van der Waals surface area contributed by atoms with Crippen LogP contribution in [0, 0.1) is 0 Å². The molecule has 0 spiro atoms. The van der Waals surface area contributed by atoms with Gasteiger partial charge in [0, 0.05) is 18.9 Å². The Morgan fingerprint density at radius 2 is 2.17 bits per heavy atom. The van der Waals surface area contributed by atoms with Gasteiger partial charge < -0.3 is 0 Å². The molecule has 3 N–H and O–H groups in total. The number of aromatic nitrogens is 3. The molecule has 2 aromatic heterocycles. The zero-order chi connectivity index (χ0) is 13.0. The van der Waals surface area contributed by atoms with Crippen LogP contribution in [0.5, 0.6) is 0 Å². The molecule has 0 saturated heterocycles. The fourth-order valence-corrected chi connectivity index (χ4v) is 2.46. The maximum Gasteiger partial charge on any atom is 0.0890 e.